The first-order valence-electron chi connectivity index (χ1n) is 3.22. The van der Waals surface area contributed by atoms with Crippen molar-refractivity contribution in [1.29, 1.82) is 0 Å². The summed E-state index contributed by atoms with van der Waals surface area (Å²) in [6.07, 6.45) is 1.42. The highest BCUT2D eigenvalue weighted by Crippen LogP contribution is 2.21. The summed E-state index contributed by atoms with van der Waals surface area (Å²) in [5.41, 5.74) is 0. The molecule has 1 rings (SSSR count). The number of hydrogen-bond donors (Lipinski definition) is 1. The van der Waals surface area contributed by atoms with Crippen molar-refractivity contribution in [2.24, 2.45) is 5.92 Å². The summed E-state index contributed by atoms with van der Waals surface area (Å²) < 4.78 is 4.78. The molecule has 0 aliphatic carbocycles. The van der Waals surface area contributed by atoms with E-state index in [0.717, 1.165) is 0 Å². The fourth-order valence-corrected chi connectivity index (χ4v) is 0.900. The SMILES string of the molecule is CC1C=C(C(=O)O)OC1C=O. The van der Waals surface area contributed by atoms with Gasteiger partial charge in [0.15, 0.2) is 12.4 Å². The van der Waals surface area contributed by atoms with Crippen LogP contribution >= 0.6 is 0 Å². The zero-order valence-electron chi connectivity index (χ0n) is 5.98. The largest absolute Gasteiger partial charge is 0.475 e. The van der Waals surface area contributed by atoms with Crippen LogP contribution in [0.4, 0.5) is 0 Å². The van der Waals surface area contributed by atoms with Gasteiger partial charge in [0.25, 0.3) is 0 Å². The number of ether oxygens (including phenoxy) is 1. The van der Waals surface area contributed by atoms with Gasteiger partial charge in [0.2, 0.25) is 5.76 Å². The summed E-state index contributed by atoms with van der Waals surface area (Å²) in [5.74, 6) is -1.39. The van der Waals surface area contributed by atoms with Crippen LogP contribution in [0.5, 0.6) is 0 Å². The van der Waals surface area contributed by atoms with Crippen molar-refractivity contribution in [3.8, 4) is 0 Å². The number of aliphatic carboxylic acids is 1. The minimum Gasteiger partial charge on any atom is -0.475 e. The van der Waals surface area contributed by atoms with Crippen LogP contribution in [0.15, 0.2) is 11.8 Å². The minimum atomic E-state index is -1.12. The van der Waals surface area contributed by atoms with Crippen molar-refractivity contribution in [2.45, 2.75) is 13.0 Å². The zero-order chi connectivity index (χ0) is 8.43. The maximum Gasteiger partial charge on any atom is 0.370 e. The van der Waals surface area contributed by atoms with Gasteiger partial charge in [0.1, 0.15) is 0 Å². The minimum absolute atomic E-state index is 0.130. The van der Waals surface area contributed by atoms with Gasteiger partial charge in [0, 0.05) is 5.92 Å². The van der Waals surface area contributed by atoms with Gasteiger partial charge in [-0.2, -0.15) is 0 Å². The molecule has 1 N–H and O–H groups in total. The standard InChI is InChI=1S/C7H8O4/c1-4-2-5(7(9)10)11-6(4)3-8/h2-4,6H,1H3,(H,9,10). The number of carbonyl (C=O) groups is 2. The van der Waals surface area contributed by atoms with Crippen molar-refractivity contribution in [3.05, 3.63) is 11.8 Å². The first-order valence-corrected chi connectivity index (χ1v) is 3.22. The van der Waals surface area contributed by atoms with E-state index in [-0.39, 0.29) is 11.7 Å². The van der Waals surface area contributed by atoms with E-state index in [1.807, 2.05) is 0 Å². The summed E-state index contributed by atoms with van der Waals surface area (Å²) in [6, 6.07) is 0. The van der Waals surface area contributed by atoms with Crippen molar-refractivity contribution < 1.29 is 19.4 Å². The van der Waals surface area contributed by atoms with Crippen LogP contribution in [0.2, 0.25) is 0 Å². The number of hydrogen-bond acceptors (Lipinski definition) is 3. The van der Waals surface area contributed by atoms with Crippen molar-refractivity contribution in [2.75, 3.05) is 0 Å². The van der Waals surface area contributed by atoms with Crippen LogP contribution in [0, 0.1) is 5.92 Å². The Kier molecular flexibility index (Phi) is 1.94. The molecule has 0 aromatic carbocycles. The quantitative estimate of drug-likeness (QED) is 0.579. The highest BCUT2D eigenvalue weighted by molar-refractivity contribution is 5.85. The molecule has 0 saturated carbocycles. The molecule has 4 nitrogen and oxygen atoms in total. The van der Waals surface area contributed by atoms with Crippen molar-refractivity contribution >= 4 is 12.3 Å². The van der Waals surface area contributed by atoms with E-state index in [4.69, 9.17) is 9.84 Å². The predicted octanol–water partition coefficient (Wildman–Crippen LogP) is 0.189. The van der Waals surface area contributed by atoms with E-state index >= 15 is 0 Å². The lowest BCUT2D eigenvalue weighted by molar-refractivity contribution is -0.137. The molecule has 0 radical (unpaired) electrons. The summed E-state index contributed by atoms with van der Waals surface area (Å²) >= 11 is 0. The molecule has 0 saturated heterocycles. The molecule has 0 spiro atoms. The number of rotatable bonds is 2. The zero-order valence-corrected chi connectivity index (χ0v) is 5.98. The average Bonchev–Trinajstić information content (AvgIpc) is 2.31. The maximum absolute atomic E-state index is 10.3. The first-order chi connectivity index (χ1) is 5.15. The Bertz CT molecular complexity index is 218. The van der Waals surface area contributed by atoms with Gasteiger partial charge >= 0.3 is 5.97 Å². The van der Waals surface area contributed by atoms with E-state index in [0.29, 0.717) is 6.29 Å². The monoisotopic (exact) mass is 156 g/mol. The van der Waals surface area contributed by atoms with Crippen LogP contribution in [0.3, 0.4) is 0 Å². The lowest BCUT2D eigenvalue weighted by Gasteiger charge is -2.06. The van der Waals surface area contributed by atoms with Gasteiger partial charge in [-0.1, -0.05) is 6.92 Å². The molecule has 1 heterocycles. The molecule has 60 valence electrons. The highest BCUT2D eigenvalue weighted by atomic mass is 16.5. The molecular weight excluding hydrogens is 148 g/mol. The molecule has 11 heavy (non-hydrogen) atoms. The molecule has 0 bridgehead atoms. The van der Waals surface area contributed by atoms with Crippen LogP contribution in [0.1, 0.15) is 6.92 Å². The molecule has 0 amide bonds. The van der Waals surface area contributed by atoms with Crippen LogP contribution in [0.25, 0.3) is 0 Å². The van der Waals surface area contributed by atoms with Gasteiger partial charge in [-0.3, -0.25) is 4.79 Å². The lowest BCUT2D eigenvalue weighted by atomic mass is 10.1. The molecule has 1 aliphatic heterocycles. The Labute approximate surface area is 63.5 Å². The van der Waals surface area contributed by atoms with Crippen molar-refractivity contribution in [3.63, 3.8) is 0 Å². The second-order valence-corrected chi connectivity index (χ2v) is 2.41. The van der Waals surface area contributed by atoms with Crippen LogP contribution in [-0.2, 0) is 14.3 Å². The third-order valence-electron chi connectivity index (χ3n) is 1.54. The predicted molar refractivity (Wildman–Crippen MR) is 35.8 cm³/mol. The summed E-state index contributed by atoms with van der Waals surface area (Å²) in [6.45, 7) is 1.73. The van der Waals surface area contributed by atoms with Gasteiger partial charge in [-0.15, -0.1) is 0 Å². The normalized spacial score (nSPS) is 29.0. The van der Waals surface area contributed by atoms with E-state index < -0.39 is 12.1 Å². The molecular formula is C7H8O4. The second-order valence-electron chi connectivity index (χ2n) is 2.41. The number of carboxylic acid groups (broad SMARTS) is 1. The smallest absolute Gasteiger partial charge is 0.370 e. The Morgan fingerprint density at radius 2 is 2.45 bits per heavy atom. The van der Waals surface area contributed by atoms with E-state index in [2.05, 4.69) is 0 Å². The fourth-order valence-electron chi connectivity index (χ4n) is 0.900. The van der Waals surface area contributed by atoms with E-state index in [1.54, 1.807) is 6.92 Å². The fraction of sp³-hybridized carbons (Fsp3) is 0.429. The van der Waals surface area contributed by atoms with Gasteiger partial charge < -0.3 is 9.84 Å². The van der Waals surface area contributed by atoms with Crippen LogP contribution in [-0.4, -0.2) is 23.5 Å². The first kappa shape index (κ1) is 7.78. The summed E-state index contributed by atoms with van der Waals surface area (Å²) in [5, 5.41) is 8.44. The molecule has 0 fully saturated rings. The Balaban J connectivity index is 2.70. The van der Waals surface area contributed by atoms with Gasteiger partial charge in [0.05, 0.1) is 0 Å². The molecule has 1 aliphatic rings. The number of carboxylic acids is 1. The third-order valence-corrected chi connectivity index (χ3v) is 1.54. The van der Waals surface area contributed by atoms with E-state index in [9.17, 15) is 9.59 Å². The lowest BCUT2D eigenvalue weighted by Crippen LogP contribution is -2.16. The van der Waals surface area contributed by atoms with Gasteiger partial charge in [-0.25, -0.2) is 4.79 Å². The number of carbonyl (C=O) groups excluding carboxylic acids is 1. The Hall–Kier alpha value is -1.32. The molecule has 2 unspecified atom stereocenters. The van der Waals surface area contributed by atoms with E-state index in [1.165, 1.54) is 6.08 Å². The van der Waals surface area contributed by atoms with Gasteiger partial charge in [-0.05, 0) is 6.08 Å². The maximum atomic E-state index is 10.3. The molecule has 0 aromatic heterocycles. The van der Waals surface area contributed by atoms with Crippen molar-refractivity contribution in [1.82, 2.24) is 0 Å². The van der Waals surface area contributed by atoms with Crippen LogP contribution < -0.4 is 0 Å². The summed E-state index contributed by atoms with van der Waals surface area (Å²) in [4.78, 5) is 20.5. The third kappa shape index (κ3) is 1.39. The average molecular weight is 156 g/mol. The topological polar surface area (TPSA) is 63.6 Å². The summed E-state index contributed by atoms with van der Waals surface area (Å²) in [7, 11) is 0. The molecule has 2 atom stereocenters. The Morgan fingerprint density at radius 1 is 1.82 bits per heavy atom. The number of aldehydes is 1. The Morgan fingerprint density at radius 3 is 2.73 bits per heavy atom. The highest BCUT2D eigenvalue weighted by Gasteiger charge is 2.28. The molecule has 0 aromatic rings. The second kappa shape index (κ2) is 2.74. The molecule has 4 heteroatoms.